The predicted octanol–water partition coefficient (Wildman–Crippen LogP) is 2.86. The maximum Gasteiger partial charge on any atom is 0.248 e. The summed E-state index contributed by atoms with van der Waals surface area (Å²) in [5.74, 6) is 6.56. The molecule has 2 aromatic rings. The van der Waals surface area contributed by atoms with E-state index < -0.39 is 5.91 Å². The summed E-state index contributed by atoms with van der Waals surface area (Å²) in [6.45, 7) is 3.98. The number of primary amides is 1. The number of rotatable bonds is 15. The highest BCUT2D eigenvalue weighted by Gasteiger charge is 2.07. The first-order valence-electron chi connectivity index (χ1n) is 12.7. The maximum atomic E-state index is 12.0. The Morgan fingerprint density at radius 3 is 2.55 bits per heavy atom. The Morgan fingerprint density at radius 2 is 1.87 bits per heavy atom. The lowest BCUT2D eigenvalue weighted by molar-refractivity contribution is -0.123. The highest BCUT2D eigenvalue weighted by atomic mass is 16.2. The van der Waals surface area contributed by atoms with E-state index in [0.717, 1.165) is 18.7 Å². The SMILES string of the molecule is CCCNc1nc(Nc2ccc(C(N)=O)cc2)ncc1C#CCCCNC(=O)CCC(=O)/C=C/CN(C)C. The second-order valence-corrected chi connectivity index (χ2v) is 8.84. The largest absolute Gasteiger partial charge is 0.369 e. The highest BCUT2D eigenvalue weighted by molar-refractivity contribution is 5.93. The van der Waals surface area contributed by atoms with Crippen molar-refractivity contribution < 1.29 is 14.4 Å². The topological polar surface area (TPSA) is 142 Å². The zero-order valence-corrected chi connectivity index (χ0v) is 22.3. The van der Waals surface area contributed by atoms with Crippen LogP contribution in [0, 0.1) is 11.8 Å². The molecular weight excluding hydrogens is 482 g/mol. The number of benzene rings is 1. The van der Waals surface area contributed by atoms with Crippen LogP contribution in [0.25, 0.3) is 0 Å². The predicted molar refractivity (Wildman–Crippen MR) is 150 cm³/mol. The van der Waals surface area contributed by atoms with E-state index in [4.69, 9.17) is 5.73 Å². The van der Waals surface area contributed by atoms with Crippen molar-refractivity contribution >= 4 is 35.1 Å². The molecule has 0 bridgehead atoms. The van der Waals surface area contributed by atoms with E-state index in [1.54, 1.807) is 36.5 Å². The Morgan fingerprint density at radius 1 is 1.11 bits per heavy atom. The van der Waals surface area contributed by atoms with Gasteiger partial charge in [-0.15, -0.1) is 0 Å². The lowest BCUT2D eigenvalue weighted by atomic mass is 10.2. The molecule has 1 aromatic carbocycles. The van der Waals surface area contributed by atoms with Crippen LogP contribution in [-0.2, 0) is 9.59 Å². The van der Waals surface area contributed by atoms with Crippen molar-refractivity contribution in [3.63, 3.8) is 0 Å². The lowest BCUT2D eigenvalue weighted by Gasteiger charge is -2.10. The molecule has 0 unspecified atom stereocenters. The molecule has 2 rings (SSSR count). The van der Waals surface area contributed by atoms with Crippen LogP contribution < -0.4 is 21.7 Å². The number of anilines is 3. The molecule has 10 nitrogen and oxygen atoms in total. The Hall–Kier alpha value is -4.23. The average molecular weight is 520 g/mol. The summed E-state index contributed by atoms with van der Waals surface area (Å²) in [4.78, 5) is 45.8. The molecular formula is C28H37N7O3. The number of ketones is 1. The molecule has 0 atom stereocenters. The van der Waals surface area contributed by atoms with Crippen molar-refractivity contribution in [2.45, 2.75) is 39.0 Å². The quantitative estimate of drug-likeness (QED) is 0.160. The fourth-order valence-electron chi connectivity index (χ4n) is 3.12. The Bertz CT molecular complexity index is 1170. The van der Waals surface area contributed by atoms with Crippen molar-refractivity contribution in [3.05, 3.63) is 53.7 Å². The van der Waals surface area contributed by atoms with E-state index in [1.807, 2.05) is 19.0 Å². The number of allylic oxidation sites excluding steroid dienone is 1. The van der Waals surface area contributed by atoms with E-state index in [0.29, 0.717) is 48.8 Å². The monoisotopic (exact) mass is 519 g/mol. The zero-order chi connectivity index (χ0) is 27.8. The van der Waals surface area contributed by atoms with Crippen LogP contribution in [0.5, 0.6) is 0 Å². The van der Waals surface area contributed by atoms with Gasteiger partial charge in [0.15, 0.2) is 5.78 Å². The number of nitrogens with zero attached hydrogens (tertiary/aromatic N) is 3. The first-order chi connectivity index (χ1) is 18.3. The number of hydrogen-bond donors (Lipinski definition) is 4. The molecule has 0 aliphatic carbocycles. The van der Waals surface area contributed by atoms with Gasteiger partial charge in [-0.25, -0.2) is 4.98 Å². The molecule has 0 fully saturated rings. The molecule has 2 amide bonds. The number of unbranched alkanes of at least 4 members (excludes halogenated alkanes) is 1. The Kier molecular flexibility index (Phi) is 13.0. The van der Waals surface area contributed by atoms with Gasteiger partial charge >= 0.3 is 0 Å². The second-order valence-electron chi connectivity index (χ2n) is 8.84. The number of nitrogens with one attached hydrogen (secondary N) is 3. The van der Waals surface area contributed by atoms with Gasteiger partial charge in [-0.05, 0) is 57.3 Å². The summed E-state index contributed by atoms with van der Waals surface area (Å²) < 4.78 is 0. The van der Waals surface area contributed by atoms with Crippen LogP contribution >= 0.6 is 0 Å². The zero-order valence-electron chi connectivity index (χ0n) is 22.3. The molecule has 10 heteroatoms. The number of amides is 2. The highest BCUT2D eigenvalue weighted by Crippen LogP contribution is 2.18. The van der Waals surface area contributed by atoms with Crippen molar-refractivity contribution in [2.24, 2.45) is 5.73 Å². The van der Waals surface area contributed by atoms with Gasteiger partial charge in [-0.3, -0.25) is 14.4 Å². The Balaban J connectivity index is 1.83. The van der Waals surface area contributed by atoms with E-state index >= 15 is 0 Å². The minimum atomic E-state index is -0.486. The van der Waals surface area contributed by atoms with Crippen molar-refractivity contribution in [1.82, 2.24) is 20.2 Å². The van der Waals surface area contributed by atoms with Crippen molar-refractivity contribution in [3.8, 4) is 11.8 Å². The van der Waals surface area contributed by atoms with Gasteiger partial charge < -0.3 is 26.6 Å². The Labute approximate surface area is 224 Å². The molecule has 38 heavy (non-hydrogen) atoms. The van der Waals surface area contributed by atoms with E-state index in [9.17, 15) is 14.4 Å². The standard InChI is InChI=1S/C28H37N7O3/c1-4-17-31-27-22(20-32-28(34-27)33-23-13-11-21(12-14-23)26(29)38)9-6-5-7-18-30-25(37)16-15-24(36)10-8-19-35(2)3/h8,10-14,20H,4-5,7,15-19H2,1-3H3,(H2,29,38)(H,30,37)(H2,31,32,33,34)/b10-8+. The summed E-state index contributed by atoms with van der Waals surface area (Å²) in [5.41, 5.74) is 7.11. The van der Waals surface area contributed by atoms with Crippen LogP contribution in [-0.4, -0.2) is 66.2 Å². The molecule has 202 valence electrons. The number of likely N-dealkylation sites (N-methyl/N-ethyl adjacent to an activating group) is 1. The lowest BCUT2D eigenvalue weighted by Crippen LogP contribution is -2.24. The van der Waals surface area contributed by atoms with Gasteiger partial charge in [-0.1, -0.05) is 24.8 Å². The maximum absolute atomic E-state index is 12.0. The minimum Gasteiger partial charge on any atom is -0.369 e. The first kappa shape index (κ1) is 30.0. The number of aromatic nitrogens is 2. The second kappa shape index (κ2) is 16.5. The third-order valence-corrected chi connectivity index (χ3v) is 5.15. The van der Waals surface area contributed by atoms with Gasteiger partial charge in [0, 0.05) is 50.1 Å². The van der Waals surface area contributed by atoms with Crippen LogP contribution in [0.4, 0.5) is 17.5 Å². The summed E-state index contributed by atoms with van der Waals surface area (Å²) in [7, 11) is 3.85. The summed E-state index contributed by atoms with van der Waals surface area (Å²) in [5, 5.41) is 9.21. The summed E-state index contributed by atoms with van der Waals surface area (Å²) >= 11 is 0. The number of hydrogen-bond acceptors (Lipinski definition) is 8. The van der Waals surface area contributed by atoms with Gasteiger partial charge in [-0.2, -0.15) is 4.98 Å². The van der Waals surface area contributed by atoms with E-state index in [-0.39, 0.29) is 24.5 Å². The van der Waals surface area contributed by atoms with Gasteiger partial charge in [0.1, 0.15) is 5.82 Å². The fourth-order valence-corrected chi connectivity index (χ4v) is 3.12. The molecule has 5 N–H and O–H groups in total. The molecule has 0 aliphatic rings. The molecule has 0 spiro atoms. The molecule has 0 radical (unpaired) electrons. The number of carbonyl (C=O) groups excluding carboxylic acids is 3. The smallest absolute Gasteiger partial charge is 0.248 e. The normalized spacial score (nSPS) is 10.6. The van der Waals surface area contributed by atoms with Crippen LogP contribution in [0.3, 0.4) is 0 Å². The van der Waals surface area contributed by atoms with Crippen LogP contribution in [0.15, 0.2) is 42.6 Å². The molecule has 0 saturated carbocycles. The number of nitrogens with two attached hydrogens (primary N) is 1. The third kappa shape index (κ3) is 11.7. The van der Waals surface area contributed by atoms with Crippen LogP contribution in [0.1, 0.15) is 54.9 Å². The van der Waals surface area contributed by atoms with E-state index in [2.05, 4.69) is 44.7 Å². The van der Waals surface area contributed by atoms with Crippen LogP contribution in [0.2, 0.25) is 0 Å². The van der Waals surface area contributed by atoms with Gasteiger partial charge in [0.2, 0.25) is 17.8 Å². The molecule has 0 saturated heterocycles. The van der Waals surface area contributed by atoms with E-state index in [1.165, 1.54) is 6.08 Å². The molecule has 0 aliphatic heterocycles. The first-order valence-corrected chi connectivity index (χ1v) is 12.7. The average Bonchev–Trinajstić information content (AvgIpc) is 2.89. The van der Waals surface area contributed by atoms with Gasteiger partial charge in [0.25, 0.3) is 0 Å². The van der Waals surface area contributed by atoms with Gasteiger partial charge in [0.05, 0.1) is 11.8 Å². The van der Waals surface area contributed by atoms with Crippen molar-refractivity contribution in [2.75, 3.05) is 44.4 Å². The fraction of sp³-hybridized carbons (Fsp3) is 0.393. The van der Waals surface area contributed by atoms with Crippen molar-refractivity contribution in [1.29, 1.82) is 0 Å². The minimum absolute atomic E-state index is 0.0511. The summed E-state index contributed by atoms with van der Waals surface area (Å²) in [6.07, 6.45) is 7.56. The molecule has 1 aromatic heterocycles. The third-order valence-electron chi connectivity index (χ3n) is 5.15. The molecule has 1 heterocycles. The number of carbonyl (C=O) groups is 3. The summed E-state index contributed by atoms with van der Waals surface area (Å²) in [6, 6.07) is 6.73.